The third-order valence-corrected chi connectivity index (χ3v) is 4.71. The van der Waals surface area contributed by atoms with Crippen LogP contribution in [0.25, 0.3) is 0 Å². The molecule has 2 amide bonds. The maximum atomic E-state index is 12.5. The molecule has 3 N–H and O–H groups in total. The number of carbonyl (C=O) groups excluding carboxylic acids is 2. The van der Waals surface area contributed by atoms with E-state index in [1.165, 1.54) is 18.2 Å². The highest BCUT2D eigenvalue weighted by atomic mass is 35.5. The van der Waals surface area contributed by atoms with Crippen molar-refractivity contribution >= 4 is 23.4 Å². The van der Waals surface area contributed by atoms with Crippen LogP contribution < -0.4 is 5.32 Å². The normalized spacial score (nSPS) is 14.9. The van der Waals surface area contributed by atoms with E-state index >= 15 is 0 Å². The first-order chi connectivity index (χ1) is 12.4. The number of hydrogen-bond acceptors (Lipinski definition) is 4. The minimum Gasteiger partial charge on any atom is -0.508 e. The van der Waals surface area contributed by atoms with Gasteiger partial charge in [-0.2, -0.15) is 0 Å². The molecule has 6 nitrogen and oxygen atoms in total. The molecule has 7 heteroatoms. The van der Waals surface area contributed by atoms with Crippen molar-refractivity contribution in [2.24, 2.45) is 0 Å². The van der Waals surface area contributed by atoms with Gasteiger partial charge in [0, 0.05) is 30.8 Å². The highest BCUT2D eigenvalue weighted by Crippen LogP contribution is 2.23. The molecule has 26 heavy (non-hydrogen) atoms. The van der Waals surface area contributed by atoms with Crippen LogP contribution in [0.1, 0.15) is 33.6 Å². The van der Waals surface area contributed by atoms with Crippen LogP contribution in [0.5, 0.6) is 11.5 Å². The fourth-order valence-electron chi connectivity index (χ4n) is 3.04. The summed E-state index contributed by atoms with van der Waals surface area (Å²) in [4.78, 5) is 26.5. The van der Waals surface area contributed by atoms with Gasteiger partial charge in [-0.15, -0.1) is 0 Å². The molecular weight excluding hydrogens is 356 g/mol. The minimum atomic E-state index is -0.257. The van der Waals surface area contributed by atoms with Crippen molar-refractivity contribution in [3.05, 3.63) is 58.6 Å². The van der Waals surface area contributed by atoms with Crippen LogP contribution in [0.4, 0.5) is 0 Å². The average molecular weight is 375 g/mol. The number of nitrogens with one attached hydrogen (secondary N) is 1. The Balaban J connectivity index is 1.58. The summed E-state index contributed by atoms with van der Waals surface area (Å²) in [6, 6.07) is 10.6. The molecule has 1 heterocycles. The van der Waals surface area contributed by atoms with E-state index in [2.05, 4.69) is 5.32 Å². The van der Waals surface area contributed by atoms with E-state index in [0.717, 1.165) is 0 Å². The monoisotopic (exact) mass is 374 g/mol. The van der Waals surface area contributed by atoms with E-state index in [-0.39, 0.29) is 34.9 Å². The minimum absolute atomic E-state index is 0.0413. The van der Waals surface area contributed by atoms with Crippen molar-refractivity contribution < 1.29 is 19.8 Å². The number of likely N-dealkylation sites (tertiary alicyclic amines) is 1. The zero-order chi connectivity index (χ0) is 18.7. The highest BCUT2D eigenvalue weighted by Gasteiger charge is 2.25. The van der Waals surface area contributed by atoms with Crippen LogP contribution in [0, 0.1) is 0 Å². The quantitative estimate of drug-likeness (QED) is 0.770. The molecule has 0 saturated carbocycles. The van der Waals surface area contributed by atoms with Gasteiger partial charge in [0.05, 0.1) is 10.6 Å². The molecule has 0 radical (unpaired) electrons. The van der Waals surface area contributed by atoms with Crippen molar-refractivity contribution in [3.63, 3.8) is 0 Å². The van der Waals surface area contributed by atoms with Gasteiger partial charge in [-0.05, 0) is 37.1 Å². The summed E-state index contributed by atoms with van der Waals surface area (Å²) < 4.78 is 0. The van der Waals surface area contributed by atoms with Crippen molar-refractivity contribution in [1.82, 2.24) is 10.2 Å². The Bertz CT molecular complexity index is 812. The van der Waals surface area contributed by atoms with Gasteiger partial charge in [0.1, 0.15) is 11.5 Å². The van der Waals surface area contributed by atoms with E-state index in [9.17, 15) is 19.8 Å². The summed E-state index contributed by atoms with van der Waals surface area (Å²) in [5.74, 6) is -0.796. The van der Waals surface area contributed by atoms with Gasteiger partial charge >= 0.3 is 0 Å². The van der Waals surface area contributed by atoms with Gasteiger partial charge in [0.15, 0.2) is 0 Å². The third kappa shape index (κ3) is 4.08. The molecule has 0 aromatic heterocycles. The molecule has 2 aromatic carbocycles. The molecular formula is C19H19ClN2O4. The number of phenolic OH excluding ortho intramolecular Hbond substituents is 2. The zero-order valence-corrected chi connectivity index (χ0v) is 14.7. The number of amides is 2. The topological polar surface area (TPSA) is 89.9 Å². The molecule has 1 fully saturated rings. The first-order valence-corrected chi connectivity index (χ1v) is 8.69. The number of halogens is 1. The number of piperidine rings is 1. The van der Waals surface area contributed by atoms with Crippen molar-refractivity contribution in [3.8, 4) is 11.5 Å². The highest BCUT2D eigenvalue weighted by molar-refractivity contribution is 6.33. The van der Waals surface area contributed by atoms with Crippen LogP contribution >= 0.6 is 11.6 Å². The van der Waals surface area contributed by atoms with E-state index in [0.29, 0.717) is 36.5 Å². The average Bonchev–Trinajstić information content (AvgIpc) is 2.61. The number of carbonyl (C=O) groups is 2. The molecule has 1 aliphatic rings. The third-order valence-electron chi connectivity index (χ3n) is 4.39. The second-order valence-electron chi connectivity index (χ2n) is 6.26. The largest absolute Gasteiger partial charge is 0.508 e. The second-order valence-corrected chi connectivity index (χ2v) is 6.67. The van der Waals surface area contributed by atoms with Gasteiger partial charge in [-0.1, -0.05) is 23.7 Å². The van der Waals surface area contributed by atoms with Crippen LogP contribution in [0.2, 0.25) is 5.02 Å². The summed E-state index contributed by atoms with van der Waals surface area (Å²) in [6.07, 6.45) is 1.24. The van der Waals surface area contributed by atoms with Crippen LogP contribution in [0.3, 0.4) is 0 Å². The van der Waals surface area contributed by atoms with Gasteiger partial charge in [-0.3, -0.25) is 9.59 Å². The Hall–Kier alpha value is -2.73. The predicted molar refractivity (Wildman–Crippen MR) is 97.6 cm³/mol. The summed E-state index contributed by atoms with van der Waals surface area (Å²) in [7, 11) is 0. The van der Waals surface area contributed by atoms with Gasteiger partial charge in [-0.25, -0.2) is 0 Å². The summed E-state index contributed by atoms with van der Waals surface area (Å²) in [5, 5.41) is 22.4. The Morgan fingerprint density at radius 1 is 1.04 bits per heavy atom. The van der Waals surface area contributed by atoms with Crippen molar-refractivity contribution in [2.45, 2.75) is 18.9 Å². The first kappa shape index (κ1) is 18.1. The van der Waals surface area contributed by atoms with Crippen LogP contribution in [-0.2, 0) is 0 Å². The van der Waals surface area contributed by atoms with Crippen LogP contribution in [0.15, 0.2) is 42.5 Å². The predicted octanol–water partition coefficient (Wildman–Crippen LogP) is 2.79. The Morgan fingerprint density at radius 2 is 1.65 bits per heavy atom. The van der Waals surface area contributed by atoms with Crippen LogP contribution in [-0.4, -0.2) is 46.1 Å². The van der Waals surface area contributed by atoms with E-state index in [1.54, 1.807) is 29.2 Å². The summed E-state index contributed by atoms with van der Waals surface area (Å²) in [6.45, 7) is 0.950. The molecule has 0 aliphatic carbocycles. The lowest BCUT2D eigenvalue weighted by Crippen LogP contribution is -2.46. The number of rotatable bonds is 3. The van der Waals surface area contributed by atoms with Gasteiger partial charge < -0.3 is 20.4 Å². The molecule has 1 saturated heterocycles. The lowest BCUT2D eigenvalue weighted by atomic mass is 10.0. The molecule has 3 rings (SSSR count). The molecule has 0 bridgehead atoms. The van der Waals surface area contributed by atoms with Crippen molar-refractivity contribution in [2.75, 3.05) is 13.1 Å². The van der Waals surface area contributed by atoms with Gasteiger partial charge in [0.2, 0.25) is 0 Å². The van der Waals surface area contributed by atoms with Gasteiger partial charge in [0.25, 0.3) is 11.8 Å². The van der Waals surface area contributed by atoms with E-state index in [1.807, 2.05) is 0 Å². The van der Waals surface area contributed by atoms with E-state index < -0.39 is 0 Å². The van der Waals surface area contributed by atoms with Crippen molar-refractivity contribution in [1.29, 1.82) is 0 Å². The Labute approximate surface area is 156 Å². The Kier molecular flexibility index (Phi) is 5.32. The molecule has 1 aliphatic heterocycles. The lowest BCUT2D eigenvalue weighted by molar-refractivity contribution is 0.0697. The summed E-state index contributed by atoms with van der Waals surface area (Å²) >= 11 is 6.04. The number of aromatic hydroxyl groups is 2. The molecule has 2 aromatic rings. The number of nitrogens with zero attached hydrogens (tertiary/aromatic N) is 1. The molecule has 0 atom stereocenters. The summed E-state index contributed by atoms with van der Waals surface area (Å²) in [5.41, 5.74) is 0.670. The number of benzene rings is 2. The number of hydrogen-bond donors (Lipinski definition) is 3. The fraction of sp³-hybridized carbons (Fsp3) is 0.263. The number of phenols is 2. The maximum Gasteiger partial charge on any atom is 0.254 e. The molecule has 0 unspecified atom stereocenters. The lowest BCUT2D eigenvalue weighted by Gasteiger charge is -2.32. The Morgan fingerprint density at radius 3 is 2.27 bits per heavy atom. The fourth-order valence-corrected chi connectivity index (χ4v) is 3.26. The molecule has 136 valence electrons. The van der Waals surface area contributed by atoms with E-state index in [4.69, 9.17) is 11.6 Å². The second kappa shape index (κ2) is 7.66. The smallest absolute Gasteiger partial charge is 0.254 e. The maximum absolute atomic E-state index is 12.5. The zero-order valence-electron chi connectivity index (χ0n) is 14.0. The molecule has 0 spiro atoms. The standard InChI is InChI=1S/C19H19ClN2O4/c20-17-4-2-1-3-16(17)18(25)21-13-5-7-22(8-6-13)19(26)12-9-14(23)11-15(24)10-12/h1-4,9-11,13,23-24H,5-8H2,(H,21,25). The SMILES string of the molecule is O=C(NC1CCN(C(=O)c2cc(O)cc(O)c2)CC1)c1ccccc1Cl. The first-order valence-electron chi connectivity index (χ1n) is 8.32.